The number of nitrogens with zero attached hydrogens (tertiary/aromatic N) is 1. The zero-order chi connectivity index (χ0) is 12.8. The monoisotopic (exact) mass is 268 g/mol. The van der Waals surface area contributed by atoms with E-state index in [1.807, 2.05) is 6.20 Å². The van der Waals surface area contributed by atoms with E-state index in [1.54, 1.807) is 0 Å². The van der Waals surface area contributed by atoms with Crippen LogP contribution in [0.25, 0.3) is 0 Å². The standard InChI is InChI=1S/C13H20N2O2S/c14-12-4-1-5-13-11(12)6-7-15(13)9-10-3-2-8-18(10,16)17/h6-7,10,12H,1-5,8-9,14H2. The minimum Gasteiger partial charge on any atom is -0.350 e. The summed E-state index contributed by atoms with van der Waals surface area (Å²) in [7, 11) is -2.86. The van der Waals surface area contributed by atoms with Gasteiger partial charge in [-0.25, -0.2) is 8.42 Å². The average Bonchev–Trinajstić information content (AvgIpc) is 2.86. The van der Waals surface area contributed by atoms with Crippen LogP contribution in [0.2, 0.25) is 0 Å². The SMILES string of the molecule is NC1CCCc2c1ccn2CC1CCCS1(=O)=O. The fourth-order valence-electron chi connectivity index (χ4n) is 3.25. The minimum atomic E-state index is -2.86. The van der Waals surface area contributed by atoms with Gasteiger partial charge in [0.15, 0.2) is 9.84 Å². The Labute approximate surface area is 108 Å². The van der Waals surface area contributed by atoms with Gasteiger partial charge in [0.1, 0.15) is 0 Å². The molecule has 1 fully saturated rings. The molecule has 0 amide bonds. The van der Waals surface area contributed by atoms with E-state index in [1.165, 1.54) is 11.3 Å². The van der Waals surface area contributed by atoms with Crippen molar-refractivity contribution in [3.05, 3.63) is 23.5 Å². The number of hydrogen-bond donors (Lipinski definition) is 1. The predicted octanol–water partition coefficient (Wildman–Crippen LogP) is 1.40. The van der Waals surface area contributed by atoms with E-state index < -0.39 is 9.84 Å². The molecule has 4 nitrogen and oxygen atoms in total. The first-order chi connectivity index (χ1) is 8.58. The highest BCUT2D eigenvalue weighted by Crippen LogP contribution is 2.30. The molecule has 3 rings (SSSR count). The molecule has 2 atom stereocenters. The maximum Gasteiger partial charge on any atom is 0.154 e. The zero-order valence-electron chi connectivity index (χ0n) is 10.5. The Bertz CT molecular complexity index is 547. The molecular formula is C13H20N2O2S. The molecule has 1 saturated heterocycles. The molecule has 2 heterocycles. The van der Waals surface area contributed by atoms with Crippen LogP contribution >= 0.6 is 0 Å². The summed E-state index contributed by atoms with van der Waals surface area (Å²) < 4.78 is 25.9. The molecule has 0 bridgehead atoms. The van der Waals surface area contributed by atoms with Crippen LogP contribution in [-0.4, -0.2) is 24.0 Å². The van der Waals surface area contributed by atoms with Crippen molar-refractivity contribution in [2.45, 2.75) is 49.9 Å². The Hall–Kier alpha value is -0.810. The van der Waals surface area contributed by atoms with E-state index in [0.29, 0.717) is 12.3 Å². The number of nitrogens with two attached hydrogens (primary N) is 1. The highest BCUT2D eigenvalue weighted by Gasteiger charge is 2.32. The molecular weight excluding hydrogens is 248 g/mol. The Kier molecular flexibility index (Phi) is 2.98. The van der Waals surface area contributed by atoms with Gasteiger partial charge >= 0.3 is 0 Å². The Morgan fingerprint density at radius 1 is 1.33 bits per heavy atom. The fraction of sp³-hybridized carbons (Fsp3) is 0.692. The zero-order valence-corrected chi connectivity index (χ0v) is 11.3. The van der Waals surface area contributed by atoms with Crippen LogP contribution in [0.15, 0.2) is 12.3 Å². The highest BCUT2D eigenvalue weighted by atomic mass is 32.2. The summed E-state index contributed by atoms with van der Waals surface area (Å²) in [6.45, 7) is 0.615. The number of rotatable bonds is 2. The molecule has 1 aromatic heterocycles. The summed E-state index contributed by atoms with van der Waals surface area (Å²) in [4.78, 5) is 0. The molecule has 1 aliphatic heterocycles. The Morgan fingerprint density at radius 3 is 2.89 bits per heavy atom. The van der Waals surface area contributed by atoms with Gasteiger partial charge in [-0.15, -0.1) is 0 Å². The molecule has 0 saturated carbocycles. The smallest absolute Gasteiger partial charge is 0.154 e. The van der Waals surface area contributed by atoms with E-state index in [-0.39, 0.29) is 11.3 Å². The average molecular weight is 268 g/mol. The molecule has 0 aromatic carbocycles. The summed E-state index contributed by atoms with van der Waals surface area (Å²) in [6, 6.07) is 2.20. The van der Waals surface area contributed by atoms with Crippen LogP contribution in [0.5, 0.6) is 0 Å². The second kappa shape index (κ2) is 4.38. The van der Waals surface area contributed by atoms with Crippen molar-refractivity contribution in [3.8, 4) is 0 Å². The largest absolute Gasteiger partial charge is 0.350 e. The first kappa shape index (κ1) is 12.2. The van der Waals surface area contributed by atoms with Gasteiger partial charge in [-0.05, 0) is 43.7 Å². The molecule has 2 aliphatic rings. The third-order valence-electron chi connectivity index (χ3n) is 4.31. The van der Waals surface area contributed by atoms with Crippen LogP contribution in [0.3, 0.4) is 0 Å². The lowest BCUT2D eigenvalue weighted by molar-refractivity contribution is 0.523. The van der Waals surface area contributed by atoms with Crippen molar-refractivity contribution in [1.82, 2.24) is 4.57 Å². The lowest BCUT2D eigenvalue weighted by Gasteiger charge is -2.22. The summed E-state index contributed by atoms with van der Waals surface area (Å²) >= 11 is 0. The lowest BCUT2D eigenvalue weighted by atomic mass is 9.93. The van der Waals surface area contributed by atoms with Gasteiger partial charge in [-0.1, -0.05) is 0 Å². The van der Waals surface area contributed by atoms with Crippen LogP contribution in [0, 0.1) is 0 Å². The third kappa shape index (κ3) is 1.99. The topological polar surface area (TPSA) is 65.1 Å². The summed E-state index contributed by atoms with van der Waals surface area (Å²) in [5.41, 5.74) is 8.57. The minimum absolute atomic E-state index is 0.134. The van der Waals surface area contributed by atoms with Crippen molar-refractivity contribution in [2.75, 3.05) is 5.75 Å². The van der Waals surface area contributed by atoms with Crippen LogP contribution in [0.1, 0.15) is 43.0 Å². The second-order valence-electron chi connectivity index (χ2n) is 5.50. The normalized spacial score (nSPS) is 30.3. The van der Waals surface area contributed by atoms with Crippen molar-refractivity contribution in [3.63, 3.8) is 0 Å². The summed E-state index contributed by atoms with van der Waals surface area (Å²) in [5.74, 6) is 0.362. The molecule has 5 heteroatoms. The summed E-state index contributed by atoms with van der Waals surface area (Å²) in [6.07, 6.45) is 6.82. The predicted molar refractivity (Wildman–Crippen MR) is 71.1 cm³/mol. The number of sulfone groups is 1. The maximum absolute atomic E-state index is 11.9. The van der Waals surface area contributed by atoms with Crippen LogP contribution in [-0.2, 0) is 22.8 Å². The molecule has 1 aromatic rings. The Morgan fingerprint density at radius 2 is 2.17 bits per heavy atom. The molecule has 0 spiro atoms. The first-order valence-corrected chi connectivity index (χ1v) is 8.44. The molecule has 18 heavy (non-hydrogen) atoms. The highest BCUT2D eigenvalue weighted by molar-refractivity contribution is 7.92. The lowest BCUT2D eigenvalue weighted by Crippen LogP contribution is -2.24. The van der Waals surface area contributed by atoms with E-state index >= 15 is 0 Å². The van der Waals surface area contributed by atoms with Crippen molar-refractivity contribution < 1.29 is 8.42 Å². The van der Waals surface area contributed by atoms with E-state index in [9.17, 15) is 8.42 Å². The van der Waals surface area contributed by atoms with E-state index in [4.69, 9.17) is 5.73 Å². The number of hydrogen-bond acceptors (Lipinski definition) is 3. The molecule has 100 valence electrons. The van der Waals surface area contributed by atoms with Gasteiger partial charge in [0.2, 0.25) is 0 Å². The van der Waals surface area contributed by atoms with Crippen molar-refractivity contribution in [1.29, 1.82) is 0 Å². The van der Waals surface area contributed by atoms with Crippen molar-refractivity contribution >= 4 is 9.84 Å². The van der Waals surface area contributed by atoms with Crippen LogP contribution in [0.4, 0.5) is 0 Å². The molecule has 0 radical (unpaired) electrons. The number of fused-ring (bicyclic) bond motifs is 1. The molecule has 2 unspecified atom stereocenters. The van der Waals surface area contributed by atoms with Gasteiger partial charge in [0, 0.05) is 24.5 Å². The Balaban J connectivity index is 1.86. The summed E-state index contributed by atoms with van der Waals surface area (Å²) in [5, 5.41) is -0.188. The van der Waals surface area contributed by atoms with Gasteiger partial charge in [-0.2, -0.15) is 0 Å². The van der Waals surface area contributed by atoms with Crippen molar-refractivity contribution in [2.24, 2.45) is 5.73 Å². The fourth-order valence-corrected chi connectivity index (χ4v) is 5.06. The van der Waals surface area contributed by atoms with E-state index in [0.717, 1.165) is 32.1 Å². The molecule has 1 aliphatic carbocycles. The first-order valence-electron chi connectivity index (χ1n) is 6.73. The maximum atomic E-state index is 11.9. The third-order valence-corrected chi connectivity index (χ3v) is 6.56. The van der Waals surface area contributed by atoms with Gasteiger partial charge in [-0.3, -0.25) is 0 Å². The van der Waals surface area contributed by atoms with Gasteiger partial charge in [0.05, 0.1) is 11.0 Å². The molecule has 2 N–H and O–H groups in total. The van der Waals surface area contributed by atoms with Gasteiger partial charge in [0.25, 0.3) is 0 Å². The van der Waals surface area contributed by atoms with Gasteiger partial charge < -0.3 is 10.3 Å². The van der Waals surface area contributed by atoms with E-state index in [2.05, 4.69) is 10.6 Å². The second-order valence-corrected chi connectivity index (χ2v) is 7.90. The number of aromatic nitrogens is 1. The quantitative estimate of drug-likeness (QED) is 0.881. The van der Waals surface area contributed by atoms with Crippen LogP contribution < -0.4 is 5.73 Å².